The number of primary amides is 2. The highest BCUT2D eigenvalue weighted by atomic mass is 32.1. The molecular weight excluding hydrogens is 778 g/mol. The largest absolute Gasteiger partial charge is 0.481 e. The van der Waals surface area contributed by atoms with Crippen LogP contribution >= 0.6 is 12.6 Å². The van der Waals surface area contributed by atoms with Crippen LogP contribution in [-0.4, -0.2) is 151 Å². The number of rotatable bonds is 28. The van der Waals surface area contributed by atoms with Gasteiger partial charge in [-0.25, -0.2) is 4.79 Å². The van der Waals surface area contributed by atoms with E-state index in [1.807, 2.05) is 21.3 Å². The molecule has 0 rings (SSSR count). The predicted octanol–water partition coefficient (Wildman–Crippen LogP) is -7.43. The van der Waals surface area contributed by atoms with Gasteiger partial charge in [0.1, 0.15) is 36.3 Å². The molecule has 0 aromatic carbocycles. The predicted molar refractivity (Wildman–Crippen MR) is 186 cm³/mol. The monoisotopic (exact) mass is 823 g/mol. The van der Waals surface area contributed by atoms with Crippen molar-refractivity contribution in [2.75, 3.05) is 12.4 Å². The van der Waals surface area contributed by atoms with Gasteiger partial charge in [-0.1, -0.05) is 0 Å². The maximum atomic E-state index is 13.3. The lowest BCUT2D eigenvalue weighted by atomic mass is 10.1. The van der Waals surface area contributed by atoms with Crippen LogP contribution in [0.5, 0.6) is 0 Å². The smallest absolute Gasteiger partial charge is 0.326 e. The maximum Gasteiger partial charge on any atom is 0.326 e. The second kappa shape index (κ2) is 25.1. The van der Waals surface area contributed by atoms with E-state index in [1.165, 1.54) is 0 Å². The number of nitrogens with two attached hydrogens (primary N) is 3. The molecule has 27 heteroatoms. The zero-order chi connectivity index (χ0) is 43.3. The zero-order valence-electron chi connectivity index (χ0n) is 29.4. The Morgan fingerprint density at radius 3 is 1.23 bits per heavy atom. The summed E-state index contributed by atoms with van der Waals surface area (Å²) in [6.45, 7) is -1.01. The van der Waals surface area contributed by atoms with Crippen molar-refractivity contribution in [3.05, 3.63) is 0 Å². The first-order chi connectivity index (χ1) is 26.0. The van der Waals surface area contributed by atoms with Gasteiger partial charge >= 0.3 is 23.9 Å². The fourth-order valence-corrected chi connectivity index (χ4v) is 4.56. The van der Waals surface area contributed by atoms with Gasteiger partial charge in [0.15, 0.2) is 0 Å². The van der Waals surface area contributed by atoms with Crippen LogP contribution < -0.4 is 49.1 Å². The summed E-state index contributed by atoms with van der Waals surface area (Å²) in [5.41, 5.74) is 15.8. The molecule has 8 amide bonds. The topological polar surface area (TPSA) is 456 Å². The summed E-state index contributed by atoms with van der Waals surface area (Å²) in [6, 6.07) is -12.5. The highest BCUT2D eigenvalue weighted by molar-refractivity contribution is 7.80. The van der Waals surface area contributed by atoms with Gasteiger partial charge in [-0.3, -0.25) is 52.7 Å². The number of carboxylic acids is 4. The molecule has 0 saturated heterocycles. The molecule has 7 atom stereocenters. The molecule has 0 aromatic heterocycles. The average molecular weight is 824 g/mol. The normalized spacial score (nSPS) is 14.4. The minimum Gasteiger partial charge on any atom is -0.481 e. The van der Waals surface area contributed by atoms with E-state index in [1.54, 1.807) is 0 Å². The van der Waals surface area contributed by atoms with Crippen LogP contribution in [0, 0.1) is 0 Å². The van der Waals surface area contributed by atoms with E-state index in [0.29, 0.717) is 0 Å². The Bertz CT molecular complexity index is 1510. The van der Waals surface area contributed by atoms with E-state index < -0.39 is 164 Å². The Morgan fingerprint density at radius 2 is 0.821 bits per heavy atom. The van der Waals surface area contributed by atoms with Gasteiger partial charge in [-0.15, -0.1) is 0 Å². The number of nitrogens with one attached hydrogen (secondary N) is 6. The molecule has 0 spiro atoms. The second-order valence-corrected chi connectivity index (χ2v) is 12.2. The number of aliphatic hydroxyl groups excluding tert-OH is 1. The Labute approximate surface area is 321 Å². The Hall–Kier alpha value is -6.09. The molecule has 314 valence electrons. The molecule has 0 aromatic rings. The number of thiol groups is 1. The minimum absolute atomic E-state index is 0.206. The molecule has 0 radical (unpaired) electrons. The van der Waals surface area contributed by atoms with Crippen LogP contribution in [0.1, 0.15) is 51.4 Å². The summed E-state index contributed by atoms with van der Waals surface area (Å²) in [7, 11) is 0. The van der Waals surface area contributed by atoms with Gasteiger partial charge in [0.25, 0.3) is 0 Å². The van der Waals surface area contributed by atoms with Crippen molar-refractivity contribution in [3.8, 4) is 0 Å². The van der Waals surface area contributed by atoms with Crippen LogP contribution in [0.15, 0.2) is 0 Å². The van der Waals surface area contributed by atoms with Crippen molar-refractivity contribution >= 4 is 83.8 Å². The number of carbonyl (C=O) groups is 12. The molecule has 0 unspecified atom stereocenters. The summed E-state index contributed by atoms with van der Waals surface area (Å²) >= 11 is 3.94. The van der Waals surface area contributed by atoms with E-state index in [0.717, 1.165) is 0 Å². The zero-order valence-corrected chi connectivity index (χ0v) is 30.3. The third kappa shape index (κ3) is 19.8. The summed E-state index contributed by atoms with van der Waals surface area (Å²) in [5.74, 6) is -16.4. The highest BCUT2D eigenvalue weighted by Gasteiger charge is 2.35. The number of aliphatic carboxylic acids is 4. The number of carboxylic acid groups (broad SMARTS) is 4. The molecule has 17 N–H and O–H groups in total. The first-order valence-electron chi connectivity index (χ1n) is 16.3. The van der Waals surface area contributed by atoms with Crippen molar-refractivity contribution < 1.29 is 83.1 Å². The van der Waals surface area contributed by atoms with Gasteiger partial charge < -0.3 is 74.6 Å². The van der Waals surface area contributed by atoms with E-state index in [9.17, 15) is 78.0 Å². The fourth-order valence-electron chi connectivity index (χ4n) is 4.31. The number of hydrogen-bond acceptors (Lipinski definition) is 15. The number of aliphatic hydroxyl groups is 1. The van der Waals surface area contributed by atoms with Crippen LogP contribution in [0.2, 0.25) is 0 Å². The van der Waals surface area contributed by atoms with E-state index >= 15 is 0 Å². The molecule has 0 fully saturated rings. The van der Waals surface area contributed by atoms with Crippen LogP contribution in [0.3, 0.4) is 0 Å². The van der Waals surface area contributed by atoms with Gasteiger partial charge in [0.05, 0.1) is 25.5 Å². The summed E-state index contributed by atoms with van der Waals surface area (Å²) in [6.07, 6.45) is -5.45. The lowest BCUT2D eigenvalue weighted by molar-refractivity contribution is -0.144. The summed E-state index contributed by atoms with van der Waals surface area (Å²) < 4.78 is 0. The Morgan fingerprint density at radius 1 is 0.464 bits per heavy atom. The Kier molecular flexibility index (Phi) is 22.3. The lowest BCUT2D eigenvalue weighted by Crippen LogP contribution is -2.60. The molecule has 0 bridgehead atoms. The first-order valence-corrected chi connectivity index (χ1v) is 16.9. The number of hydrogen-bond donors (Lipinski definition) is 15. The fraction of sp³-hybridized carbons (Fsp3) is 0.586. The van der Waals surface area contributed by atoms with Gasteiger partial charge in [-0.05, 0) is 19.3 Å². The van der Waals surface area contributed by atoms with Crippen molar-refractivity contribution in [2.45, 2.75) is 93.7 Å². The molecule has 0 aliphatic carbocycles. The van der Waals surface area contributed by atoms with Crippen LogP contribution in [0.25, 0.3) is 0 Å². The van der Waals surface area contributed by atoms with Crippen LogP contribution in [0.4, 0.5) is 0 Å². The molecule has 0 aliphatic heterocycles. The third-order valence-electron chi connectivity index (χ3n) is 7.27. The van der Waals surface area contributed by atoms with Crippen LogP contribution in [-0.2, 0) is 57.5 Å². The molecule has 56 heavy (non-hydrogen) atoms. The molecule has 0 saturated carbocycles. The SMILES string of the molecule is NC(=O)CC[C@H](NC(=O)[C@H](CC(=O)O)NC(=O)[C@H](CS)NC(=O)[C@H](CO)NC(=O)[C@@H](N)CCC(N)=O)C(=O)N[C@@H](CC(=O)O)C(=O)N[C@@H](CCC(=O)O)C(=O)O. The average Bonchev–Trinajstić information content (AvgIpc) is 3.09. The maximum absolute atomic E-state index is 13.3. The van der Waals surface area contributed by atoms with Gasteiger partial charge in [-0.2, -0.15) is 12.6 Å². The quantitative estimate of drug-likeness (QED) is 0.0326. The summed E-state index contributed by atoms with van der Waals surface area (Å²) in [4.78, 5) is 146. The third-order valence-corrected chi connectivity index (χ3v) is 7.63. The van der Waals surface area contributed by atoms with E-state index in [2.05, 4.69) is 23.3 Å². The molecule has 0 heterocycles. The standard InChI is InChI=1S/C29H45N9O17S/c30-11(1-4-18(31)40)23(48)37-16(9-39)27(52)38-17(10-56)28(53)36-14(7-21(44)45)25(50)33-12(2-5-19(32)41)24(49)35-15(8-22(46)47)26(51)34-13(29(54)55)3-6-20(42)43/h11-17,39,56H,1-10,30H2,(H2,31,40)(H2,32,41)(H,33,50)(H,34,51)(H,35,49)(H,36,53)(H,37,48)(H,38,52)(H,42,43)(H,44,45)(H,46,47)(H,54,55)/t11-,12-,13-,14-,15-,16-,17-/m0/s1. The summed E-state index contributed by atoms with van der Waals surface area (Å²) in [5, 5.41) is 58.6. The molecule has 0 aliphatic rings. The first kappa shape index (κ1) is 49.9. The van der Waals surface area contributed by atoms with E-state index in [4.69, 9.17) is 22.3 Å². The second-order valence-electron chi connectivity index (χ2n) is 11.8. The number of carbonyl (C=O) groups excluding carboxylic acids is 8. The van der Waals surface area contributed by atoms with Crippen molar-refractivity contribution in [3.63, 3.8) is 0 Å². The highest BCUT2D eigenvalue weighted by Crippen LogP contribution is 2.06. The van der Waals surface area contributed by atoms with E-state index in [-0.39, 0.29) is 12.8 Å². The van der Waals surface area contributed by atoms with Gasteiger partial charge in [0, 0.05) is 25.0 Å². The minimum atomic E-state index is -2.05. The molecule has 26 nitrogen and oxygen atoms in total. The van der Waals surface area contributed by atoms with Crippen molar-refractivity contribution in [1.82, 2.24) is 31.9 Å². The lowest BCUT2D eigenvalue weighted by Gasteiger charge is -2.26. The Balaban J connectivity index is 6.12. The van der Waals surface area contributed by atoms with Crippen molar-refractivity contribution in [1.29, 1.82) is 0 Å². The van der Waals surface area contributed by atoms with Crippen molar-refractivity contribution in [2.24, 2.45) is 17.2 Å². The molecular formula is C29H45N9O17S. The number of amides is 8. The van der Waals surface area contributed by atoms with Gasteiger partial charge in [0.2, 0.25) is 47.3 Å².